The summed E-state index contributed by atoms with van der Waals surface area (Å²) < 4.78 is 20.7. The van der Waals surface area contributed by atoms with Crippen LogP contribution in [0.15, 0.2) is 0 Å². The van der Waals surface area contributed by atoms with E-state index in [0.717, 1.165) is 64.2 Å². The number of carbonyl (C=O) groups is 4. The molecule has 0 aliphatic heterocycles. The lowest BCUT2D eigenvalue weighted by molar-refractivity contribution is -0.165. The molecule has 1 aliphatic carbocycles. The average Bonchev–Trinajstić information content (AvgIpc) is 2.84. The molecule has 0 aromatic rings. The Kier molecular flexibility index (Phi) is 16.9. The third-order valence-corrected chi connectivity index (χ3v) is 6.67. The lowest BCUT2D eigenvalue weighted by Gasteiger charge is -2.39. The second kappa shape index (κ2) is 19.2. The molecule has 1 rings (SSSR count). The molecule has 4 atom stereocenters. The molecule has 0 radical (unpaired) electrons. The van der Waals surface area contributed by atoms with Gasteiger partial charge < -0.3 is 18.9 Å². The molecule has 34 heavy (non-hydrogen) atoms. The maximum atomic E-state index is 13.0. The summed E-state index contributed by atoms with van der Waals surface area (Å²) in [6, 6.07) is 0. The van der Waals surface area contributed by atoms with Crippen LogP contribution in [-0.4, -0.2) is 51.3 Å². The molecule has 196 valence electrons. The van der Waals surface area contributed by atoms with Crippen molar-refractivity contribution in [1.82, 2.24) is 0 Å². The van der Waals surface area contributed by atoms with Crippen LogP contribution in [0.5, 0.6) is 0 Å². The lowest BCUT2D eigenvalue weighted by atomic mass is 9.65. The van der Waals surface area contributed by atoms with Gasteiger partial charge in [-0.1, -0.05) is 39.5 Å². The van der Waals surface area contributed by atoms with E-state index in [0.29, 0.717) is 52.2 Å². The smallest absolute Gasteiger partial charge is 0.309 e. The summed E-state index contributed by atoms with van der Waals surface area (Å²) >= 11 is 0. The minimum atomic E-state index is -0.489. The number of hydrogen-bond acceptors (Lipinski definition) is 8. The van der Waals surface area contributed by atoms with Crippen molar-refractivity contribution in [3.05, 3.63) is 0 Å². The zero-order valence-electron chi connectivity index (χ0n) is 21.0. The number of rotatable bonds is 20. The zero-order valence-corrected chi connectivity index (χ0v) is 21.0. The van der Waals surface area contributed by atoms with Gasteiger partial charge in [0.25, 0.3) is 12.9 Å². The van der Waals surface area contributed by atoms with E-state index in [9.17, 15) is 19.2 Å². The number of hydrogen-bond donors (Lipinski definition) is 0. The van der Waals surface area contributed by atoms with Crippen LogP contribution in [0.25, 0.3) is 0 Å². The Bertz CT molecular complexity index is 529. The van der Waals surface area contributed by atoms with Crippen LogP contribution >= 0.6 is 0 Å². The molecular weight excluding hydrogens is 440 g/mol. The average molecular weight is 485 g/mol. The molecule has 4 unspecified atom stereocenters. The molecule has 8 nitrogen and oxygen atoms in total. The van der Waals surface area contributed by atoms with Crippen LogP contribution < -0.4 is 0 Å². The first-order valence-corrected chi connectivity index (χ1v) is 13.0. The fourth-order valence-electron chi connectivity index (χ4n) is 4.72. The lowest BCUT2D eigenvalue weighted by Crippen LogP contribution is -2.41. The van der Waals surface area contributed by atoms with Gasteiger partial charge in [0.1, 0.15) is 0 Å². The van der Waals surface area contributed by atoms with Gasteiger partial charge in [-0.05, 0) is 63.2 Å². The number of esters is 2. The van der Waals surface area contributed by atoms with Crippen molar-refractivity contribution in [2.24, 2.45) is 23.7 Å². The van der Waals surface area contributed by atoms with Crippen molar-refractivity contribution in [2.45, 2.75) is 90.9 Å². The largest absolute Gasteiger partial charge is 0.468 e. The van der Waals surface area contributed by atoms with Gasteiger partial charge in [-0.2, -0.15) is 0 Å². The molecule has 1 fully saturated rings. The quantitative estimate of drug-likeness (QED) is 0.107. The Hall–Kier alpha value is -2.12. The Morgan fingerprint density at radius 3 is 1.41 bits per heavy atom. The van der Waals surface area contributed by atoms with Crippen LogP contribution in [-0.2, 0) is 38.1 Å². The second-order valence-corrected chi connectivity index (χ2v) is 9.17. The number of unbranched alkanes of at least 4 members (excludes halogenated alkanes) is 4. The van der Waals surface area contributed by atoms with Crippen molar-refractivity contribution in [3.63, 3.8) is 0 Å². The van der Waals surface area contributed by atoms with E-state index in [1.165, 1.54) is 0 Å². The third kappa shape index (κ3) is 11.8. The Balaban J connectivity index is 2.89. The summed E-state index contributed by atoms with van der Waals surface area (Å²) in [4.78, 5) is 46.7. The van der Waals surface area contributed by atoms with E-state index in [2.05, 4.69) is 0 Å². The minimum absolute atomic E-state index is 0.270. The summed E-state index contributed by atoms with van der Waals surface area (Å²) in [5.41, 5.74) is 0. The standard InChI is InChI=1S/C26H44O8/c1-3-5-15-33-25(29)23-17-21(11-7-9-13-31-19-27)22(12-8-10-14-32-20-28)18-24(23)26(30)34-16-6-4-2/h19-24H,3-18H2,1-2H3. The molecule has 8 heteroatoms. The van der Waals surface area contributed by atoms with E-state index < -0.39 is 11.8 Å². The molecule has 0 aromatic carbocycles. The molecule has 0 aromatic heterocycles. The first-order chi connectivity index (χ1) is 16.6. The van der Waals surface area contributed by atoms with Gasteiger partial charge in [0, 0.05) is 0 Å². The third-order valence-electron chi connectivity index (χ3n) is 6.67. The van der Waals surface area contributed by atoms with Crippen LogP contribution in [0.2, 0.25) is 0 Å². The minimum Gasteiger partial charge on any atom is -0.468 e. The van der Waals surface area contributed by atoms with Crippen molar-refractivity contribution in [1.29, 1.82) is 0 Å². The Labute approximate surface area is 204 Å². The Morgan fingerprint density at radius 2 is 1.06 bits per heavy atom. The molecule has 0 bridgehead atoms. The molecule has 0 N–H and O–H groups in total. The van der Waals surface area contributed by atoms with Gasteiger partial charge in [0.15, 0.2) is 0 Å². The first kappa shape index (κ1) is 29.9. The van der Waals surface area contributed by atoms with Gasteiger partial charge >= 0.3 is 11.9 Å². The molecule has 1 saturated carbocycles. The summed E-state index contributed by atoms with van der Waals surface area (Å²) in [6.45, 7) is 6.52. The Morgan fingerprint density at radius 1 is 0.647 bits per heavy atom. The van der Waals surface area contributed by atoms with Crippen molar-refractivity contribution >= 4 is 24.9 Å². The number of ether oxygens (including phenoxy) is 4. The SMILES string of the molecule is CCCCOC(=O)C1CC(CCCCOC=O)C(CCCCOC=O)CC1C(=O)OCCCC. The van der Waals surface area contributed by atoms with Crippen LogP contribution in [0, 0.1) is 23.7 Å². The predicted octanol–water partition coefficient (Wildman–Crippen LogP) is 4.62. The van der Waals surface area contributed by atoms with E-state index >= 15 is 0 Å². The van der Waals surface area contributed by atoms with Crippen LogP contribution in [0.4, 0.5) is 0 Å². The van der Waals surface area contributed by atoms with Gasteiger partial charge in [-0.3, -0.25) is 19.2 Å². The van der Waals surface area contributed by atoms with E-state index in [1.807, 2.05) is 13.8 Å². The maximum absolute atomic E-state index is 13.0. The molecule has 0 amide bonds. The van der Waals surface area contributed by atoms with Crippen LogP contribution in [0.1, 0.15) is 90.9 Å². The van der Waals surface area contributed by atoms with Gasteiger partial charge in [0.2, 0.25) is 0 Å². The van der Waals surface area contributed by atoms with E-state index in [4.69, 9.17) is 18.9 Å². The fraction of sp³-hybridized carbons (Fsp3) is 0.846. The van der Waals surface area contributed by atoms with Crippen molar-refractivity contribution in [3.8, 4) is 0 Å². The molecular formula is C26H44O8. The normalized spacial score (nSPS) is 21.9. The van der Waals surface area contributed by atoms with Crippen molar-refractivity contribution < 1.29 is 38.1 Å². The number of carbonyl (C=O) groups excluding carboxylic acids is 4. The first-order valence-electron chi connectivity index (χ1n) is 13.0. The topological polar surface area (TPSA) is 105 Å². The molecule has 0 spiro atoms. The highest BCUT2D eigenvalue weighted by atomic mass is 16.5. The highest BCUT2D eigenvalue weighted by molar-refractivity contribution is 5.82. The van der Waals surface area contributed by atoms with E-state index in [1.54, 1.807) is 0 Å². The molecule has 0 saturated heterocycles. The summed E-state index contributed by atoms with van der Waals surface area (Å²) in [7, 11) is 0. The summed E-state index contributed by atoms with van der Waals surface area (Å²) in [5, 5.41) is 0. The van der Waals surface area contributed by atoms with E-state index in [-0.39, 0.29) is 23.8 Å². The van der Waals surface area contributed by atoms with Gasteiger partial charge in [-0.25, -0.2) is 0 Å². The summed E-state index contributed by atoms with van der Waals surface area (Å²) in [6.07, 6.45) is 9.76. The highest BCUT2D eigenvalue weighted by Gasteiger charge is 2.44. The second-order valence-electron chi connectivity index (χ2n) is 9.17. The highest BCUT2D eigenvalue weighted by Crippen LogP contribution is 2.44. The van der Waals surface area contributed by atoms with Gasteiger partial charge in [0.05, 0.1) is 38.3 Å². The van der Waals surface area contributed by atoms with Crippen molar-refractivity contribution in [2.75, 3.05) is 26.4 Å². The van der Waals surface area contributed by atoms with Crippen LogP contribution in [0.3, 0.4) is 0 Å². The molecule has 0 heterocycles. The fourth-order valence-corrected chi connectivity index (χ4v) is 4.72. The van der Waals surface area contributed by atoms with Gasteiger partial charge in [-0.15, -0.1) is 0 Å². The predicted molar refractivity (Wildman–Crippen MR) is 127 cm³/mol. The maximum Gasteiger partial charge on any atom is 0.309 e. The molecule has 1 aliphatic rings. The monoisotopic (exact) mass is 484 g/mol. The zero-order chi connectivity index (χ0) is 25.0. The summed E-state index contributed by atoms with van der Waals surface area (Å²) in [5.74, 6) is -1.02.